The Morgan fingerprint density at radius 2 is 1.67 bits per heavy atom. The first kappa shape index (κ1) is 24.6. The molecule has 0 spiro atoms. The van der Waals surface area contributed by atoms with Crippen LogP contribution in [0.3, 0.4) is 0 Å². The summed E-state index contributed by atoms with van der Waals surface area (Å²) in [6.45, 7) is 7.56. The molecule has 1 amide bonds. The first-order valence-corrected chi connectivity index (χ1v) is 12.3. The fourth-order valence-electron chi connectivity index (χ4n) is 3.54. The molecule has 0 aliphatic rings. The number of nitrogens with one attached hydrogen (secondary N) is 2. The molecule has 1 aromatic heterocycles. The van der Waals surface area contributed by atoms with Crippen LogP contribution in [0, 0.1) is 0 Å². The van der Waals surface area contributed by atoms with E-state index in [-0.39, 0.29) is 17.0 Å². The van der Waals surface area contributed by atoms with Crippen molar-refractivity contribution >= 4 is 26.8 Å². The minimum absolute atomic E-state index is 0.0738. The summed E-state index contributed by atoms with van der Waals surface area (Å²) in [4.78, 5) is 27.8. The number of aromatic nitrogens is 1. The normalized spacial score (nSPS) is 11.8. The number of hydrogen-bond acceptors (Lipinski definition) is 5. The molecule has 9 heteroatoms. The summed E-state index contributed by atoms with van der Waals surface area (Å²) in [7, 11) is -3.71. The number of pyridine rings is 1. The quantitative estimate of drug-likeness (QED) is 0.473. The zero-order valence-electron chi connectivity index (χ0n) is 19.1. The SMILES string of the molecule is CCOCc1ccc(CNC(=O)c2cc(=O)[nH]c3ccc(S(=O)(=O)N(CC)CC)cc23)cc1. The molecule has 0 saturated heterocycles. The van der Waals surface area contributed by atoms with E-state index in [4.69, 9.17) is 4.74 Å². The van der Waals surface area contributed by atoms with Gasteiger partial charge in [0.05, 0.1) is 17.1 Å². The third-order valence-corrected chi connectivity index (χ3v) is 7.40. The van der Waals surface area contributed by atoms with Gasteiger partial charge in [0.2, 0.25) is 15.6 Å². The molecule has 2 aromatic carbocycles. The van der Waals surface area contributed by atoms with E-state index in [9.17, 15) is 18.0 Å². The Morgan fingerprint density at radius 3 is 2.30 bits per heavy atom. The van der Waals surface area contributed by atoms with Crippen LogP contribution in [-0.4, -0.2) is 43.3 Å². The Kier molecular flexibility index (Phi) is 8.01. The average molecular weight is 472 g/mol. The third kappa shape index (κ3) is 5.68. The van der Waals surface area contributed by atoms with Crippen molar-refractivity contribution in [1.82, 2.24) is 14.6 Å². The predicted octanol–water partition coefficient (Wildman–Crippen LogP) is 3.03. The van der Waals surface area contributed by atoms with E-state index >= 15 is 0 Å². The monoisotopic (exact) mass is 471 g/mol. The summed E-state index contributed by atoms with van der Waals surface area (Å²) < 4.78 is 32.6. The molecule has 0 saturated carbocycles. The maximum Gasteiger partial charge on any atom is 0.252 e. The van der Waals surface area contributed by atoms with E-state index in [1.165, 1.54) is 28.6 Å². The summed E-state index contributed by atoms with van der Waals surface area (Å²) >= 11 is 0. The fraction of sp³-hybridized carbons (Fsp3) is 0.333. The number of fused-ring (bicyclic) bond motifs is 1. The van der Waals surface area contributed by atoms with Gasteiger partial charge in [0.1, 0.15) is 0 Å². The maximum absolute atomic E-state index is 13.0. The van der Waals surface area contributed by atoms with Gasteiger partial charge in [-0.2, -0.15) is 4.31 Å². The lowest BCUT2D eigenvalue weighted by Gasteiger charge is -2.19. The standard InChI is InChI=1S/C24H29N3O5S/c1-4-27(5-2)33(30,31)19-11-12-22-20(13-19)21(14-23(28)26-22)24(29)25-15-17-7-9-18(10-8-17)16-32-6-3/h7-14H,4-6,15-16H2,1-3H3,(H,25,29)(H,26,28). The van der Waals surface area contributed by atoms with Gasteiger partial charge in [-0.15, -0.1) is 0 Å². The summed E-state index contributed by atoms with van der Waals surface area (Å²) in [6, 6.07) is 13.3. The molecular formula is C24H29N3O5S. The number of carbonyl (C=O) groups excluding carboxylic acids is 1. The van der Waals surface area contributed by atoms with E-state index in [1.807, 2.05) is 31.2 Å². The lowest BCUT2D eigenvalue weighted by molar-refractivity contribution is 0.0952. The van der Waals surface area contributed by atoms with Gasteiger partial charge in [-0.25, -0.2) is 8.42 Å². The first-order chi connectivity index (χ1) is 15.8. The molecule has 2 N–H and O–H groups in total. The number of amides is 1. The number of ether oxygens (including phenoxy) is 1. The Labute approximate surface area is 193 Å². The molecule has 0 unspecified atom stereocenters. The Balaban J connectivity index is 1.88. The zero-order valence-corrected chi connectivity index (χ0v) is 19.9. The molecular weight excluding hydrogens is 442 g/mol. The van der Waals surface area contributed by atoms with Crippen molar-refractivity contribution in [3.05, 3.63) is 75.6 Å². The topological polar surface area (TPSA) is 109 Å². The van der Waals surface area contributed by atoms with Gasteiger partial charge in [0, 0.05) is 43.2 Å². The number of hydrogen-bond donors (Lipinski definition) is 2. The van der Waals surface area contributed by atoms with Gasteiger partial charge in [-0.1, -0.05) is 38.1 Å². The van der Waals surface area contributed by atoms with Crippen molar-refractivity contribution in [1.29, 1.82) is 0 Å². The zero-order chi connectivity index (χ0) is 24.0. The molecule has 176 valence electrons. The summed E-state index contributed by atoms with van der Waals surface area (Å²) in [5.74, 6) is -0.457. The predicted molar refractivity (Wildman–Crippen MR) is 128 cm³/mol. The van der Waals surface area contributed by atoms with Crippen molar-refractivity contribution < 1.29 is 17.9 Å². The van der Waals surface area contributed by atoms with Crippen LogP contribution in [0.25, 0.3) is 10.9 Å². The van der Waals surface area contributed by atoms with E-state index in [0.717, 1.165) is 11.1 Å². The van der Waals surface area contributed by atoms with Crippen LogP contribution < -0.4 is 10.9 Å². The summed E-state index contributed by atoms with van der Waals surface area (Å²) in [5.41, 5.74) is 2.01. The number of H-pyrrole nitrogens is 1. The summed E-state index contributed by atoms with van der Waals surface area (Å²) in [6.07, 6.45) is 0. The van der Waals surface area contributed by atoms with Gasteiger partial charge in [0.25, 0.3) is 5.91 Å². The number of aromatic amines is 1. The van der Waals surface area contributed by atoms with E-state index in [1.54, 1.807) is 13.8 Å². The van der Waals surface area contributed by atoms with Gasteiger partial charge in [-0.05, 0) is 36.2 Å². The van der Waals surface area contributed by atoms with Crippen LogP contribution >= 0.6 is 0 Å². The number of benzene rings is 2. The van der Waals surface area contributed by atoms with Crippen molar-refractivity contribution in [3.63, 3.8) is 0 Å². The lowest BCUT2D eigenvalue weighted by atomic mass is 10.1. The van der Waals surface area contributed by atoms with E-state index in [2.05, 4.69) is 10.3 Å². The first-order valence-electron chi connectivity index (χ1n) is 10.9. The molecule has 0 aliphatic carbocycles. The van der Waals surface area contributed by atoms with Crippen LogP contribution in [0.2, 0.25) is 0 Å². The van der Waals surface area contributed by atoms with Crippen LogP contribution in [0.15, 0.2) is 58.2 Å². The number of carbonyl (C=O) groups is 1. The average Bonchev–Trinajstić information content (AvgIpc) is 2.81. The highest BCUT2D eigenvalue weighted by Gasteiger charge is 2.23. The Morgan fingerprint density at radius 1 is 1.00 bits per heavy atom. The van der Waals surface area contributed by atoms with Crippen LogP contribution in [0.5, 0.6) is 0 Å². The minimum Gasteiger partial charge on any atom is -0.377 e. The molecule has 3 aromatic rings. The fourth-order valence-corrected chi connectivity index (χ4v) is 5.03. The molecule has 1 heterocycles. The van der Waals surface area contributed by atoms with E-state index < -0.39 is 21.5 Å². The largest absolute Gasteiger partial charge is 0.377 e. The highest BCUT2D eigenvalue weighted by atomic mass is 32.2. The molecule has 3 rings (SSSR count). The van der Waals surface area contributed by atoms with Gasteiger partial charge >= 0.3 is 0 Å². The van der Waals surface area contributed by atoms with Crippen LogP contribution in [0.4, 0.5) is 0 Å². The van der Waals surface area contributed by atoms with Gasteiger partial charge in [-0.3, -0.25) is 9.59 Å². The Hall–Kier alpha value is -3.01. The van der Waals surface area contributed by atoms with E-state index in [0.29, 0.717) is 37.2 Å². The number of rotatable bonds is 10. The molecule has 0 atom stereocenters. The molecule has 8 nitrogen and oxygen atoms in total. The molecule has 0 radical (unpaired) electrons. The van der Waals surface area contributed by atoms with Crippen LogP contribution in [0.1, 0.15) is 42.3 Å². The highest BCUT2D eigenvalue weighted by molar-refractivity contribution is 7.89. The minimum atomic E-state index is -3.71. The molecule has 0 fully saturated rings. The Bertz CT molecular complexity index is 1280. The second kappa shape index (κ2) is 10.7. The molecule has 0 bridgehead atoms. The third-order valence-electron chi connectivity index (χ3n) is 5.35. The smallest absolute Gasteiger partial charge is 0.252 e. The molecule has 33 heavy (non-hydrogen) atoms. The second-order valence-corrected chi connectivity index (χ2v) is 9.42. The second-order valence-electron chi connectivity index (χ2n) is 7.48. The van der Waals surface area contributed by atoms with Crippen molar-refractivity contribution in [2.45, 2.75) is 38.8 Å². The van der Waals surface area contributed by atoms with Crippen molar-refractivity contribution in [2.24, 2.45) is 0 Å². The summed E-state index contributed by atoms with van der Waals surface area (Å²) in [5, 5.41) is 3.19. The highest BCUT2D eigenvalue weighted by Crippen LogP contribution is 2.23. The van der Waals surface area contributed by atoms with Gasteiger partial charge in [0.15, 0.2) is 0 Å². The number of nitrogens with zero attached hydrogens (tertiary/aromatic N) is 1. The number of sulfonamides is 1. The van der Waals surface area contributed by atoms with Crippen molar-refractivity contribution in [3.8, 4) is 0 Å². The van der Waals surface area contributed by atoms with Gasteiger partial charge < -0.3 is 15.0 Å². The maximum atomic E-state index is 13.0. The molecule has 0 aliphatic heterocycles. The lowest BCUT2D eigenvalue weighted by Crippen LogP contribution is -2.30. The van der Waals surface area contributed by atoms with Crippen molar-refractivity contribution in [2.75, 3.05) is 19.7 Å². The van der Waals surface area contributed by atoms with Crippen LogP contribution in [-0.2, 0) is 27.9 Å².